The van der Waals surface area contributed by atoms with Gasteiger partial charge in [0.25, 0.3) is 5.91 Å². The third-order valence-corrected chi connectivity index (χ3v) is 4.05. The molecule has 0 spiro atoms. The number of benzene rings is 1. The number of thiocarbonyl (C=S) groups is 1. The van der Waals surface area contributed by atoms with Crippen LogP contribution in [0.15, 0.2) is 23.1 Å². The molecule has 1 aliphatic heterocycles. The van der Waals surface area contributed by atoms with Crippen LogP contribution in [0.3, 0.4) is 0 Å². The quantitative estimate of drug-likeness (QED) is 0.680. The first kappa shape index (κ1) is 15.6. The molecule has 1 aliphatic rings. The Labute approximate surface area is 128 Å². The van der Waals surface area contributed by atoms with E-state index in [2.05, 4.69) is 0 Å². The van der Waals surface area contributed by atoms with Crippen LogP contribution in [0.1, 0.15) is 12.0 Å². The fourth-order valence-electron chi connectivity index (χ4n) is 1.66. The largest absolute Gasteiger partial charge is 0.481 e. The van der Waals surface area contributed by atoms with Crippen LogP contribution in [0.25, 0.3) is 6.08 Å². The molecule has 0 bridgehead atoms. The number of thioether (sulfide) groups is 1. The number of carboxylic acid groups (broad SMARTS) is 1. The Kier molecular flexibility index (Phi) is 4.69. The molecule has 0 unspecified atom stereocenters. The maximum atomic E-state index is 13.5. The predicted octanol–water partition coefficient (Wildman–Crippen LogP) is 2.64. The van der Waals surface area contributed by atoms with Crippen LogP contribution in [0.4, 0.5) is 8.78 Å². The zero-order valence-electron chi connectivity index (χ0n) is 10.5. The molecule has 8 heteroatoms. The van der Waals surface area contributed by atoms with Gasteiger partial charge in [-0.15, -0.1) is 0 Å². The Morgan fingerprint density at radius 2 is 2.14 bits per heavy atom. The summed E-state index contributed by atoms with van der Waals surface area (Å²) in [6.07, 6.45) is 1.04. The first-order valence-corrected chi connectivity index (χ1v) is 7.03. The second kappa shape index (κ2) is 6.31. The van der Waals surface area contributed by atoms with Gasteiger partial charge in [0.15, 0.2) is 0 Å². The molecule has 2 rings (SSSR count). The van der Waals surface area contributed by atoms with E-state index < -0.39 is 23.5 Å². The topological polar surface area (TPSA) is 57.6 Å². The summed E-state index contributed by atoms with van der Waals surface area (Å²) in [6.45, 7) is -0.0385. The minimum atomic E-state index is -1.04. The first-order chi connectivity index (χ1) is 9.88. The fraction of sp³-hybridized carbons (Fsp3) is 0.154. The van der Waals surface area contributed by atoms with Crippen LogP contribution >= 0.6 is 24.0 Å². The van der Waals surface area contributed by atoms with Gasteiger partial charge in [-0.25, -0.2) is 8.78 Å². The molecule has 4 nitrogen and oxygen atoms in total. The maximum Gasteiger partial charge on any atom is 0.305 e. The van der Waals surface area contributed by atoms with Gasteiger partial charge in [-0.05, 0) is 18.2 Å². The number of carboxylic acids is 1. The van der Waals surface area contributed by atoms with E-state index in [9.17, 15) is 18.4 Å². The summed E-state index contributed by atoms with van der Waals surface area (Å²) in [7, 11) is 0. The van der Waals surface area contributed by atoms with Gasteiger partial charge in [-0.1, -0.05) is 24.0 Å². The van der Waals surface area contributed by atoms with E-state index in [1.165, 1.54) is 12.1 Å². The van der Waals surface area contributed by atoms with E-state index in [0.29, 0.717) is 0 Å². The number of hydrogen-bond acceptors (Lipinski definition) is 4. The monoisotopic (exact) mass is 329 g/mol. The number of carbonyl (C=O) groups is 2. The minimum Gasteiger partial charge on any atom is -0.481 e. The van der Waals surface area contributed by atoms with Crippen LogP contribution in [0.5, 0.6) is 0 Å². The summed E-state index contributed by atoms with van der Waals surface area (Å²) in [5.41, 5.74) is 0.0649. The Hall–Kier alpha value is -1.80. The molecule has 1 fully saturated rings. The van der Waals surface area contributed by atoms with Gasteiger partial charge in [-0.3, -0.25) is 14.5 Å². The first-order valence-electron chi connectivity index (χ1n) is 5.80. The van der Waals surface area contributed by atoms with Crippen LogP contribution in [-0.4, -0.2) is 32.7 Å². The highest BCUT2D eigenvalue weighted by atomic mass is 32.2. The zero-order valence-corrected chi connectivity index (χ0v) is 12.1. The molecular formula is C13H9F2NO3S2. The standard InChI is InChI=1S/C13H9F2NO3S2/c14-8-2-1-7(9(15)6-8)5-10-12(19)16(13(20)21-10)4-3-11(17)18/h1-2,5-6H,3-4H2,(H,17,18). The lowest BCUT2D eigenvalue weighted by atomic mass is 10.2. The molecule has 0 atom stereocenters. The Morgan fingerprint density at radius 1 is 1.43 bits per heavy atom. The highest BCUT2D eigenvalue weighted by molar-refractivity contribution is 8.26. The lowest BCUT2D eigenvalue weighted by Crippen LogP contribution is -2.30. The lowest BCUT2D eigenvalue weighted by Gasteiger charge is -2.12. The minimum absolute atomic E-state index is 0.0385. The van der Waals surface area contributed by atoms with Crippen molar-refractivity contribution in [1.29, 1.82) is 0 Å². The zero-order chi connectivity index (χ0) is 15.6. The summed E-state index contributed by atoms with van der Waals surface area (Å²) in [5.74, 6) is -3.02. The average molecular weight is 329 g/mol. The molecule has 0 aromatic heterocycles. The summed E-state index contributed by atoms with van der Waals surface area (Å²) in [6, 6.07) is 3.02. The number of hydrogen-bond donors (Lipinski definition) is 1. The van der Waals surface area contributed by atoms with Gasteiger partial charge >= 0.3 is 5.97 Å². The van der Waals surface area contributed by atoms with E-state index in [-0.39, 0.29) is 27.8 Å². The third-order valence-electron chi connectivity index (χ3n) is 2.67. The molecule has 110 valence electrons. The number of amides is 1. The molecule has 1 N–H and O–H groups in total. The average Bonchev–Trinajstić information content (AvgIpc) is 2.65. The molecule has 1 aromatic rings. The second-order valence-electron chi connectivity index (χ2n) is 4.14. The second-order valence-corrected chi connectivity index (χ2v) is 5.82. The van der Waals surface area contributed by atoms with Crippen molar-refractivity contribution in [1.82, 2.24) is 4.90 Å². The van der Waals surface area contributed by atoms with Crippen molar-refractivity contribution < 1.29 is 23.5 Å². The van der Waals surface area contributed by atoms with Crippen molar-refractivity contribution in [2.24, 2.45) is 0 Å². The summed E-state index contributed by atoms with van der Waals surface area (Å²) in [4.78, 5) is 23.9. The van der Waals surface area contributed by atoms with Crippen LogP contribution in [0.2, 0.25) is 0 Å². The fourth-order valence-corrected chi connectivity index (χ4v) is 2.96. The highest BCUT2D eigenvalue weighted by Gasteiger charge is 2.32. The highest BCUT2D eigenvalue weighted by Crippen LogP contribution is 2.33. The van der Waals surface area contributed by atoms with E-state index >= 15 is 0 Å². The van der Waals surface area contributed by atoms with E-state index in [1.807, 2.05) is 0 Å². The Bertz CT molecular complexity index is 661. The molecule has 1 saturated heterocycles. The van der Waals surface area contributed by atoms with Crippen molar-refractivity contribution in [2.75, 3.05) is 6.54 Å². The van der Waals surface area contributed by atoms with E-state index in [1.54, 1.807) is 0 Å². The van der Waals surface area contributed by atoms with Crippen molar-refractivity contribution in [3.05, 3.63) is 40.3 Å². The molecule has 1 heterocycles. The lowest BCUT2D eigenvalue weighted by molar-refractivity contribution is -0.137. The summed E-state index contributed by atoms with van der Waals surface area (Å²) in [5, 5.41) is 8.62. The molecule has 0 aliphatic carbocycles. The summed E-state index contributed by atoms with van der Waals surface area (Å²) >= 11 is 5.95. The van der Waals surface area contributed by atoms with Crippen molar-refractivity contribution >= 4 is 46.3 Å². The molecule has 0 radical (unpaired) electrons. The number of aliphatic carboxylic acids is 1. The number of rotatable bonds is 4. The molecular weight excluding hydrogens is 320 g/mol. The van der Waals surface area contributed by atoms with Crippen molar-refractivity contribution in [3.63, 3.8) is 0 Å². The SMILES string of the molecule is O=C(O)CCN1C(=O)C(=Cc2ccc(F)cc2F)SC1=S. The molecule has 1 amide bonds. The molecule has 21 heavy (non-hydrogen) atoms. The van der Waals surface area contributed by atoms with Gasteiger partial charge in [-0.2, -0.15) is 0 Å². The van der Waals surface area contributed by atoms with Gasteiger partial charge in [0.1, 0.15) is 16.0 Å². The maximum absolute atomic E-state index is 13.5. The predicted molar refractivity (Wildman–Crippen MR) is 78.5 cm³/mol. The summed E-state index contributed by atoms with van der Waals surface area (Å²) < 4.78 is 26.6. The van der Waals surface area contributed by atoms with E-state index in [0.717, 1.165) is 28.8 Å². The van der Waals surface area contributed by atoms with Crippen molar-refractivity contribution in [3.8, 4) is 0 Å². The number of halogens is 2. The third kappa shape index (κ3) is 3.64. The van der Waals surface area contributed by atoms with Gasteiger partial charge in [0, 0.05) is 18.2 Å². The Balaban J connectivity index is 2.21. The van der Waals surface area contributed by atoms with Gasteiger partial charge in [0.2, 0.25) is 0 Å². The van der Waals surface area contributed by atoms with Crippen LogP contribution < -0.4 is 0 Å². The molecule has 1 aromatic carbocycles. The van der Waals surface area contributed by atoms with Crippen LogP contribution in [0, 0.1) is 11.6 Å². The normalized spacial score (nSPS) is 16.9. The number of nitrogens with zero attached hydrogens (tertiary/aromatic N) is 1. The van der Waals surface area contributed by atoms with Gasteiger partial charge in [0.05, 0.1) is 11.3 Å². The number of carbonyl (C=O) groups excluding carboxylic acids is 1. The van der Waals surface area contributed by atoms with Crippen molar-refractivity contribution in [2.45, 2.75) is 6.42 Å². The van der Waals surface area contributed by atoms with E-state index in [4.69, 9.17) is 17.3 Å². The smallest absolute Gasteiger partial charge is 0.305 e. The molecule has 0 saturated carbocycles. The van der Waals surface area contributed by atoms with Gasteiger partial charge < -0.3 is 5.11 Å². The Morgan fingerprint density at radius 3 is 2.76 bits per heavy atom. The van der Waals surface area contributed by atoms with Crippen LogP contribution in [-0.2, 0) is 9.59 Å².